The Labute approximate surface area is 390 Å². The average Bonchev–Trinajstić information content (AvgIpc) is 3.96. The quantitative estimate of drug-likeness (QED) is 0.152. The van der Waals surface area contributed by atoms with Gasteiger partial charge in [-0.1, -0.05) is 201 Å². The van der Waals surface area contributed by atoms with Gasteiger partial charge in [-0.05, 0) is 83.1 Å². The molecule has 3 nitrogen and oxygen atoms in total. The second kappa shape index (κ2) is 16.4. The van der Waals surface area contributed by atoms with Gasteiger partial charge in [0, 0.05) is 55.0 Å². The Hall–Kier alpha value is -8.14. The van der Waals surface area contributed by atoms with E-state index in [4.69, 9.17) is 4.42 Å². The zero-order chi connectivity index (χ0) is 44.3. The zero-order valence-electron chi connectivity index (χ0n) is 37.3. The van der Waals surface area contributed by atoms with E-state index in [0.29, 0.717) is 5.92 Å². The normalized spacial score (nSPS) is 13.3. The predicted octanol–water partition coefficient (Wildman–Crippen LogP) is 18.4. The van der Waals surface area contributed by atoms with Gasteiger partial charge in [-0.3, -0.25) is 0 Å². The van der Waals surface area contributed by atoms with Crippen LogP contribution in [0.4, 0.5) is 17.1 Å². The van der Waals surface area contributed by atoms with Crippen LogP contribution >= 0.6 is 0 Å². The molecule has 10 aromatic carbocycles. The number of rotatable bonds is 8. The maximum atomic E-state index is 6.80. The lowest BCUT2D eigenvalue weighted by atomic mass is 9.80. The molecule has 13 rings (SSSR count). The van der Waals surface area contributed by atoms with Crippen molar-refractivity contribution in [3.63, 3.8) is 0 Å². The number of nitrogens with zero attached hydrogens (tertiary/aromatic N) is 2. The summed E-state index contributed by atoms with van der Waals surface area (Å²) < 4.78 is 9.25. The van der Waals surface area contributed by atoms with Crippen LogP contribution in [0.25, 0.3) is 93.6 Å². The molecule has 3 heteroatoms. The first kappa shape index (κ1) is 39.2. The van der Waals surface area contributed by atoms with E-state index in [0.717, 1.165) is 66.9 Å². The van der Waals surface area contributed by atoms with Gasteiger partial charge < -0.3 is 13.9 Å². The highest BCUT2D eigenvalue weighted by Crippen LogP contribution is 2.51. The van der Waals surface area contributed by atoms with Crippen molar-refractivity contribution in [1.82, 2.24) is 4.57 Å². The summed E-state index contributed by atoms with van der Waals surface area (Å²) in [5.74, 6) is 0.546. The molecule has 0 atom stereocenters. The number of hydrogen-bond donors (Lipinski definition) is 0. The Kier molecular flexibility index (Phi) is 9.60. The summed E-state index contributed by atoms with van der Waals surface area (Å²) in [4.78, 5) is 2.54. The van der Waals surface area contributed by atoms with Crippen molar-refractivity contribution in [2.45, 2.75) is 38.0 Å². The third-order valence-corrected chi connectivity index (χ3v) is 14.4. The fourth-order valence-corrected chi connectivity index (χ4v) is 11.5. The Morgan fingerprint density at radius 3 is 1.66 bits per heavy atom. The van der Waals surface area contributed by atoms with Gasteiger partial charge in [-0.25, -0.2) is 0 Å². The van der Waals surface area contributed by atoms with Gasteiger partial charge in [0.2, 0.25) is 0 Å². The van der Waals surface area contributed by atoms with E-state index >= 15 is 0 Å². The SMILES string of the molecule is c1ccc(-n2c3ccccc3c3cccc(-c4ccccc4N(c4ccccc4-c4cccc5c4oc4ccccc45)c4ccccc4-c4cccc5cccc(C6CCCCC6)c45)c32)cc1. The lowest BCUT2D eigenvalue weighted by Crippen LogP contribution is -2.14. The van der Waals surface area contributed by atoms with Crippen LogP contribution < -0.4 is 4.90 Å². The fourth-order valence-electron chi connectivity index (χ4n) is 11.5. The highest BCUT2D eigenvalue weighted by atomic mass is 16.3. The number of aromatic nitrogens is 1. The van der Waals surface area contributed by atoms with E-state index in [9.17, 15) is 0 Å². The van der Waals surface area contributed by atoms with Gasteiger partial charge >= 0.3 is 0 Å². The second-order valence-corrected chi connectivity index (χ2v) is 18.1. The molecule has 0 saturated heterocycles. The van der Waals surface area contributed by atoms with Crippen molar-refractivity contribution in [3.05, 3.63) is 230 Å². The zero-order valence-corrected chi connectivity index (χ0v) is 37.3. The molecule has 2 heterocycles. The van der Waals surface area contributed by atoms with Crippen molar-refractivity contribution in [2.75, 3.05) is 4.90 Å². The molecule has 0 unspecified atom stereocenters. The highest BCUT2D eigenvalue weighted by molar-refractivity contribution is 6.16. The van der Waals surface area contributed by atoms with Crippen molar-refractivity contribution < 1.29 is 4.42 Å². The van der Waals surface area contributed by atoms with Crippen molar-refractivity contribution >= 4 is 71.6 Å². The van der Waals surface area contributed by atoms with Crippen LogP contribution in [0.1, 0.15) is 43.6 Å². The molecule has 2 aromatic heterocycles. The number of fused-ring (bicyclic) bond motifs is 7. The van der Waals surface area contributed by atoms with Crippen LogP contribution in [0.15, 0.2) is 229 Å². The average molecular weight is 861 g/mol. The summed E-state index contributed by atoms with van der Waals surface area (Å²) in [6.45, 7) is 0. The van der Waals surface area contributed by atoms with Crippen LogP contribution in [0.5, 0.6) is 0 Å². The topological polar surface area (TPSA) is 21.3 Å². The number of anilines is 3. The number of para-hydroxylation sites is 8. The van der Waals surface area contributed by atoms with Gasteiger partial charge in [0.25, 0.3) is 0 Å². The molecular formula is C64H48N2O. The molecule has 320 valence electrons. The van der Waals surface area contributed by atoms with Crippen molar-refractivity contribution in [2.24, 2.45) is 0 Å². The molecule has 67 heavy (non-hydrogen) atoms. The first-order chi connectivity index (χ1) is 33.3. The molecule has 1 aliphatic rings. The highest BCUT2D eigenvalue weighted by Gasteiger charge is 2.27. The largest absolute Gasteiger partial charge is 0.455 e. The Balaban J connectivity index is 1.12. The fraction of sp³-hybridized carbons (Fsp3) is 0.0938. The summed E-state index contributed by atoms with van der Waals surface area (Å²) in [6, 6.07) is 82.3. The van der Waals surface area contributed by atoms with Crippen LogP contribution in [-0.4, -0.2) is 4.57 Å². The number of benzene rings is 10. The van der Waals surface area contributed by atoms with E-state index < -0.39 is 0 Å². The van der Waals surface area contributed by atoms with E-state index in [-0.39, 0.29) is 0 Å². The summed E-state index contributed by atoms with van der Waals surface area (Å²) in [5, 5.41) is 7.35. The van der Waals surface area contributed by atoms with Gasteiger partial charge in [-0.2, -0.15) is 0 Å². The van der Waals surface area contributed by atoms with Gasteiger partial charge in [0.15, 0.2) is 0 Å². The molecule has 0 amide bonds. The smallest absolute Gasteiger partial charge is 0.143 e. The third kappa shape index (κ3) is 6.48. The van der Waals surface area contributed by atoms with Crippen LogP contribution in [0, 0.1) is 0 Å². The second-order valence-electron chi connectivity index (χ2n) is 18.1. The third-order valence-electron chi connectivity index (χ3n) is 14.4. The minimum atomic E-state index is 0.546. The molecule has 1 fully saturated rings. The summed E-state index contributed by atoms with van der Waals surface area (Å²) in [7, 11) is 0. The maximum Gasteiger partial charge on any atom is 0.143 e. The number of hydrogen-bond acceptors (Lipinski definition) is 2. The molecule has 12 aromatic rings. The Bertz CT molecular complexity index is 3810. The van der Waals surface area contributed by atoms with Crippen LogP contribution in [0.2, 0.25) is 0 Å². The van der Waals surface area contributed by atoms with E-state index in [1.54, 1.807) is 0 Å². The van der Waals surface area contributed by atoms with E-state index in [2.05, 4.69) is 234 Å². The summed E-state index contributed by atoms with van der Waals surface area (Å²) in [6.07, 6.45) is 6.37. The van der Waals surface area contributed by atoms with Gasteiger partial charge in [-0.15, -0.1) is 0 Å². The number of furan rings is 1. The summed E-state index contributed by atoms with van der Waals surface area (Å²) in [5.41, 5.74) is 16.9. The van der Waals surface area contributed by atoms with E-state index in [1.807, 2.05) is 0 Å². The predicted molar refractivity (Wildman–Crippen MR) is 282 cm³/mol. The van der Waals surface area contributed by atoms with E-state index in [1.165, 1.54) is 81.4 Å². The molecule has 0 bridgehead atoms. The molecule has 0 radical (unpaired) electrons. The standard InChI is InChI=1S/C64H48N2O/c1-3-21-43(22-4-1)46-32-17-23-44-24-18-33-52(62(44)46)47-27-7-13-39-58(47)66(60-41-15-10-30-50(60)55-36-20-37-56-51-31-11-16-42-61(51)67-64(55)56)59-40-14-9-29-49(59)54-35-19-34-53-48-28-8-12-38-57(48)65(63(53)54)45-25-5-2-6-26-45/h2,5-20,23-43H,1,3-4,21-22H2. The Morgan fingerprint density at radius 1 is 0.388 bits per heavy atom. The lowest BCUT2D eigenvalue weighted by Gasteiger charge is -2.32. The lowest BCUT2D eigenvalue weighted by molar-refractivity contribution is 0.445. The molecular weight excluding hydrogens is 813 g/mol. The molecule has 1 aliphatic carbocycles. The summed E-state index contributed by atoms with van der Waals surface area (Å²) >= 11 is 0. The molecule has 0 aliphatic heterocycles. The van der Waals surface area contributed by atoms with Gasteiger partial charge in [0.05, 0.1) is 28.1 Å². The molecule has 0 spiro atoms. The first-order valence-corrected chi connectivity index (χ1v) is 23.9. The van der Waals surface area contributed by atoms with Gasteiger partial charge in [0.1, 0.15) is 11.2 Å². The Morgan fingerprint density at radius 2 is 0.910 bits per heavy atom. The monoisotopic (exact) mass is 860 g/mol. The molecule has 0 N–H and O–H groups in total. The van der Waals surface area contributed by atoms with Crippen molar-refractivity contribution in [3.8, 4) is 39.1 Å². The van der Waals surface area contributed by atoms with Crippen LogP contribution in [0.3, 0.4) is 0 Å². The van der Waals surface area contributed by atoms with Crippen molar-refractivity contribution in [1.29, 1.82) is 0 Å². The first-order valence-electron chi connectivity index (χ1n) is 23.9. The molecule has 1 saturated carbocycles. The minimum Gasteiger partial charge on any atom is -0.455 e. The van der Waals surface area contributed by atoms with Crippen LogP contribution in [-0.2, 0) is 0 Å². The maximum absolute atomic E-state index is 6.80. The minimum absolute atomic E-state index is 0.546.